The first-order chi connectivity index (χ1) is 29.7. The number of benzene rings is 9. The van der Waals surface area contributed by atoms with Crippen LogP contribution in [-0.4, -0.2) is 19.9 Å². The molecule has 3 aromatic heterocycles. The highest BCUT2D eigenvalue weighted by Crippen LogP contribution is 2.44. The maximum atomic E-state index is 6.58. The van der Waals surface area contributed by atoms with Crippen molar-refractivity contribution < 1.29 is 4.42 Å². The topological polar surface area (TPSA) is 64.7 Å². The van der Waals surface area contributed by atoms with Crippen LogP contribution in [0.4, 0.5) is 0 Å². The first kappa shape index (κ1) is 33.0. The van der Waals surface area contributed by atoms with Gasteiger partial charge in [0.2, 0.25) is 0 Å². The molecule has 5 heteroatoms. The Balaban J connectivity index is 0.941. The zero-order valence-electron chi connectivity index (χ0n) is 32.2. The van der Waals surface area contributed by atoms with E-state index >= 15 is 0 Å². The average Bonchev–Trinajstić information content (AvgIpc) is 3.93. The van der Waals surface area contributed by atoms with Gasteiger partial charge in [-0.05, 0) is 78.8 Å². The lowest BCUT2D eigenvalue weighted by Gasteiger charge is -2.15. The van der Waals surface area contributed by atoms with Gasteiger partial charge in [-0.1, -0.05) is 164 Å². The fraction of sp³-hybridized carbons (Fsp3) is 0.0182. The molecule has 12 aromatic rings. The summed E-state index contributed by atoms with van der Waals surface area (Å²) < 4.78 is 6.58. The average molecular weight is 765 g/mol. The molecule has 0 unspecified atom stereocenters. The van der Waals surface area contributed by atoms with Gasteiger partial charge in [0.05, 0.1) is 5.52 Å². The van der Waals surface area contributed by atoms with E-state index in [0.717, 1.165) is 89.3 Å². The number of nitrogens with zero attached hydrogens (tertiary/aromatic N) is 4. The Kier molecular flexibility index (Phi) is 7.01. The minimum atomic E-state index is 0.628. The molecular formula is C55H32N4O. The molecule has 13 rings (SSSR count). The molecule has 0 N–H and O–H groups in total. The molecule has 0 radical (unpaired) electrons. The van der Waals surface area contributed by atoms with Crippen molar-refractivity contribution in [1.82, 2.24) is 19.9 Å². The Morgan fingerprint density at radius 1 is 0.383 bits per heavy atom. The van der Waals surface area contributed by atoms with E-state index in [2.05, 4.69) is 164 Å². The number of aromatic nitrogens is 4. The maximum Gasteiger partial charge on any atom is 0.164 e. The summed E-state index contributed by atoms with van der Waals surface area (Å²) in [4.78, 5) is 20.7. The second-order valence-electron chi connectivity index (χ2n) is 15.7. The quantitative estimate of drug-likeness (QED) is 0.163. The fourth-order valence-corrected chi connectivity index (χ4v) is 9.52. The molecule has 0 aliphatic heterocycles. The highest BCUT2D eigenvalue weighted by Gasteiger charge is 2.24. The van der Waals surface area contributed by atoms with Gasteiger partial charge >= 0.3 is 0 Å². The predicted molar refractivity (Wildman–Crippen MR) is 246 cm³/mol. The highest BCUT2D eigenvalue weighted by atomic mass is 16.3. The standard InChI is InChI=1S/C55H32N4O/c1-2-10-36(11-3-1)53-57-54(59-55(58-53)43-29-27-35-23-22-33-12-8-13-34-26-28-41(43)49(35)48(33)34)37-24-20-32(21-25-37)38-30-31-42(40-15-5-4-14-39(38)40)51-52-50(45-17-9-19-47(45)60-52)44-16-6-7-18-46(44)56-51/h1-16,18-31H,17H2. The molecule has 0 spiro atoms. The third-order valence-corrected chi connectivity index (χ3v) is 12.3. The molecule has 0 bridgehead atoms. The van der Waals surface area contributed by atoms with Crippen molar-refractivity contribution in [3.63, 3.8) is 0 Å². The van der Waals surface area contributed by atoms with E-state index in [0.29, 0.717) is 17.5 Å². The van der Waals surface area contributed by atoms with Crippen LogP contribution in [0.25, 0.3) is 128 Å². The van der Waals surface area contributed by atoms with Crippen LogP contribution >= 0.6 is 0 Å². The molecular weight excluding hydrogens is 733 g/mol. The molecule has 5 nitrogen and oxygen atoms in total. The van der Waals surface area contributed by atoms with Gasteiger partial charge in [-0.25, -0.2) is 19.9 Å². The van der Waals surface area contributed by atoms with Crippen LogP contribution < -0.4 is 0 Å². The summed E-state index contributed by atoms with van der Waals surface area (Å²) in [5.74, 6) is 2.85. The van der Waals surface area contributed by atoms with Gasteiger partial charge in [-0.15, -0.1) is 0 Å². The summed E-state index contributed by atoms with van der Waals surface area (Å²) in [7, 11) is 0. The van der Waals surface area contributed by atoms with Crippen LogP contribution in [0.5, 0.6) is 0 Å². The van der Waals surface area contributed by atoms with E-state index in [4.69, 9.17) is 24.4 Å². The molecule has 1 aliphatic rings. The number of rotatable bonds is 5. The molecule has 60 heavy (non-hydrogen) atoms. The van der Waals surface area contributed by atoms with Crippen molar-refractivity contribution in [1.29, 1.82) is 0 Å². The van der Waals surface area contributed by atoms with E-state index in [1.54, 1.807) is 0 Å². The van der Waals surface area contributed by atoms with Crippen molar-refractivity contribution in [2.45, 2.75) is 6.42 Å². The monoisotopic (exact) mass is 764 g/mol. The molecule has 0 fully saturated rings. The van der Waals surface area contributed by atoms with E-state index in [-0.39, 0.29) is 0 Å². The molecule has 3 heterocycles. The van der Waals surface area contributed by atoms with Crippen LogP contribution in [0.3, 0.4) is 0 Å². The summed E-state index contributed by atoms with van der Waals surface area (Å²) in [5.41, 5.74) is 10.1. The lowest BCUT2D eigenvalue weighted by Crippen LogP contribution is -2.01. The van der Waals surface area contributed by atoms with Crippen LogP contribution in [0, 0.1) is 0 Å². The van der Waals surface area contributed by atoms with Crippen LogP contribution in [-0.2, 0) is 6.42 Å². The second-order valence-corrected chi connectivity index (χ2v) is 15.7. The summed E-state index contributed by atoms with van der Waals surface area (Å²) in [6.45, 7) is 0. The van der Waals surface area contributed by atoms with Gasteiger partial charge < -0.3 is 4.42 Å². The van der Waals surface area contributed by atoms with Crippen LogP contribution in [0.15, 0.2) is 180 Å². The van der Waals surface area contributed by atoms with Crippen molar-refractivity contribution in [3.05, 3.63) is 187 Å². The van der Waals surface area contributed by atoms with Gasteiger partial charge in [0.1, 0.15) is 11.5 Å². The van der Waals surface area contributed by atoms with Crippen LogP contribution in [0.2, 0.25) is 0 Å². The Bertz CT molecular complexity index is 3720. The Labute approximate surface area is 344 Å². The zero-order chi connectivity index (χ0) is 39.3. The minimum Gasteiger partial charge on any atom is -0.454 e. The second kappa shape index (κ2) is 12.7. The largest absolute Gasteiger partial charge is 0.454 e. The Morgan fingerprint density at radius 2 is 0.983 bits per heavy atom. The van der Waals surface area contributed by atoms with Crippen LogP contribution in [0.1, 0.15) is 11.3 Å². The summed E-state index contributed by atoms with van der Waals surface area (Å²) in [6.07, 6.45) is 5.13. The van der Waals surface area contributed by atoms with Gasteiger partial charge in [0.25, 0.3) is 0 Å². The van der Waals surface area contributed by atoms with Gasteiger partial charge in [-0.3, -0.25) is 0 Å². The Hall–Kier alpha value is -8.02. The van der Waals surface area contributed by atoms with Gasteiger partial charge in [0.15, 0.2) is 23.1 Å². The predicted octanol–water partition coefficient (Wildman–Crippen LogP) is 14.1. The number of para-hydroxylation sites is 1. The first-order valence-electron chi connectivity index (χ1n) is 20.4. The molecule has 0 amide bonds. The zero-order valence-corrected chi connectivity index (χ0v) is 32.2. The number of hydrogen-bond donors (Lipinski definition) is 0. The number of pyridine rings is 1. The normalized spacial score (nSPS) is 12.5. The third-order valence-electron chi connectivity index (χ3n) is 12.3. The lowest BCUT2D eigenvalue weighted by molar-refractivity contribution is 0.602. The van der Waals surface area contributed by atoms with Crippen molar-refractivity contribution in [3.8, 4) is 56.5 Å². The van der Waals surface area contributed by atoms with E-state index in [1.165, 1.54) is 32.5 Å². The van der Waals surface area contributed by atoms with E-state index < -0.39 is 0 Å². The number of furan rings is 1. The SMILES string of the molecule is C1=Cc2oc3c(-c4ccc(-c5ccc(-c6nc(-c7ccccc7)nc(-c7ccc8ccc9cccc%10ccc7c8c9%10)n6)cc5)c5ccccc45)nc4ccccc4c3c2C1. The highest BCUT2D eigenvalue weighted by molar-refractivity contribution is 6.25. The number of allylic oxidation sites excluding steroid dienone is 1. The molecule has 0 saturated carbocycles. The first-order valence-corrected chi connectivity index (χ1v) is 20.4. The summed E-state index contributed by atoms with van der Waals surface area (Å²) in [6, 6.07) is 59.9. The van der Waals surface area contributed by atoms with Crippen molar-refractivity contribution in [2.75, 3.05) is 0 Å². The number of fused-ring (bicyclic) bond motifs is 6. The molecule has 0 saturated heterocycles. The van der Waals surface area contributed by atoms with Crippen molar-refractivity contribution in [2.24, 2.45) is 0 Å². The van der Waals surface area contributed by atoms with E-state index in [1.807, 2.05) is 18.2 Å². The Morgan fingerprint density at radius 3 is 1.78 bits per heavy atom. The summed E-state index contributed by atoms with van der Waals surface area (Å²) >= 11 is 0. The molecule has 278 valence electrons. The summed E-state index contributed by atoms with van der Waals surface area (Å²) in [5, 5.41) is 11.9. The molecule has 0 atom stereocenters. The van der Waals surface area contributed by atoms with Crippen molar-refractivity contribution >= 4 is 71.0 Å². The third kappa shape index (κ3) is 4.93. The van der Waals surface area contributed by atoms with Gasteiger partial charge in [-0.2, -0.15) is 0 Å². The fourth-order valence-electron chi connectivity index (χ4n) is 9.52. The smallest absolute Gasteiger partial charge is 0.164 e. The maximum absolute atomic E-state index is 6.58. The lowest BCUT2D eigenvalue weighted by atomic mass is 9.91. The van der Waals surface area contributed by atoms with Gasteiger partial charge in [0, 0.05) is 38.6 Å². The van der Waals surface area contributed by atoms with E-state index in [9.17, 15) is 0 Å². The number of hydrogen-bond acceptors (Lipinski definition) is 5. The molecule has 1 aliphatic carbocycles. The minimum absolute atomic E-state index is 0.628. The molecule has 9 aromatic carbocycles.